The zero-order chi connectivity index (χ0) is 18.1. The highest BCUT2D eigenvalue weighted by Gasteiger charge is 2.52. The van der Waals surface area contributed by atoms with E-state index in [4.69, 9.17) is 5.26 Å². The van der Waals surface area contributed by atoms with Gasteiger partial charge in [0, 0.05) is 23.9 Å². The summed E-state index contributed by atoms with van der Waals surface area (Å²) in [7, 11) is 0. The van der Waals surface area contributed by atoms with Crippen LogP contribution in [-0.4, -0.2) is 54.1 Å². The van der Waals surface area contributed by atoms with Gasteiger partial charge in [-0.15, -0.1) is 0 Å². The summed E-state index contributed by atoms with van der Waals surface area (Å²) in [6.45, 7) is 2.75. The molecule has 1 heterocycles. The van der Waals surface area contributed by atoms with Crippen molar-refractivity contribution >= 4 is 11.8 Å². The lowest BCUT2D eigenvalue weighted by Gasteiger charge is -2.52. The van der Waals surface area contributed by atoms with Crippen molar-refractivity contribution in [2.45, 2.75) is 69.6 Å². The van der Waals surface area contributed by atoms with Gasteiger partial charge in [-0.1, -0.05) is 0 Å². The number of fused-ring (bicyclic) bond motifs is 3. The number of nitrogens with one attached hydrogen (secondary N) is 2. The van der Waals surface area contributed by atoms with Crippen molar-refractivity contribution in [1.82, 2.24) is 15.5 Å². The van der Waals surface area contributed by atoms with Gasteiger partial charge in [0.15, 0.2) is 0 Å². The largest absolute Gasteiger partial charge is 0.356 e. The quantitative estimate of drug-likeness (QED) is 0.782. The molecule has 1 saturated heterocycles. The van der Waals surface area contributed by atoms with E-state index < -0.39 is 12.2 Å². The third-order valence-corrected chi connectivity index (χ3v) is 6.40. The summed E-state index contributed by atoms with van der Waals surface area (Å²) in [5.74, 6) is -0.0329. The number of halogens is 1. The molecular formula is C18H27FN4O2. The van der Waals surface area contributed by atoms with Gasteiger partial charge < -0.3 is 15.5 Å². The minimum Gasteiger partial charge on any atom is -0.356 e. The Bertz CT molecular complexity index is 564. The zero-order valence-electron chi connectivity index (χ0n) is 14.8. The number of nitrogens with zero attached hydrogens (tertiary/aromatic N) is 2. The molecule has 1 aliphatic heterocycles. The maximum atomic E-state index is 13.5. The summed E-state index contributed by atoms with van der Waals surface area (Å²) in [5.41, 5.74) is -0.327. The smallest absolute Gasteiger partial charge is 0.237 e. The molecule has 0 unspecified atom stereocenters. The second-order valence-electron chi connectivity index (χ2n) is 7.80. The Morgan fingerprint density at radius 1 is 1.24 bits per heavy atom. The molecule has 7 heteroatoms. The van der Waals surface area contributed by atoms with Crippen LogP contribution in [0, 0.1) is 16.7 Å². The number of carbonyl (C=O) groups excluding carboxylic acids is 2. The molecule has 3 saturated carbocycles. The van der Waals surface area contributed by atoms with Crippen LogP contribution in [0.25, 0.3) is 0 Å². The van der Waals surface area contributed by atoms with Crippen LogP contribution in [0.15, 0.2) is 0 Å². The third-order valence-electron chi connectivity index (χ3n) is 6.40. The Hall–Kier alpha value is -1.68. The third kappa shape index (κ3) is 3.37. The monoisotopic (exact) mass is 350 g/mol. The minimum absolute atomic E-state index is 0.0199. The average Bonchev–Trinajstić information content (AvgIpc) is 3.02. The Balaban J connectivity index is 1.55. The molecule has 2 bridgehead atoms. The molecule has 25 heavy (non-hydrogen) atoms. The fourth-order valence-electron chi connectivity index (χ4n) is 4.69. The molecule has 0 aromatic rings. The molecule has 0 spiro atoms. The van der Waals surface area contributed by atoms with Crippen molar-refractivity contribution in [3.05, 3.63) is 0 Å². The van der Waals surface area contributed by atoms with Crippen LogP contribution in [0.4, 0.5) is 4.39 Å². The number of amides is 2. The number of hydrogen-bond donors (Lipinski definition) is 2. The van der Waals surface area contributed by atoms with Gasteiger partial charge in [0.05, 0.1) is 19.2 Å². The fourth-order valence-corrected chi connectivity index (χ4v) is 4.69. The second-order valence-corrected chi connectivity index (χ2v) is 7.80. The van der Waals surface area contributed by atoms with Crippen molar-refractivity contribution in [3.63, 3.8) is 0 Å². The van der Waals surface area contributed by atoms with Gasteiger partial charge >= 0.3 is 0 Å². The standard InChI is InChI=1S/C18H27FN4O2/c1-2-21-16(25)17-3-6-18(7-4-17,8-5-17)22-11-15(24)23-12-13(19)9-14(23)10-20/h13-14,22H,2-9,11-12H2,1H3,(H,21,25)/t13-,14-,17?,18?/m0/s1. The SMILES string of the molecule is CCNC(=O)C12CCC(NCC(=O)N3C[C@@H](F)C[C@H]3C#N)(CC1)CC2. The van der Waals surface area contributed by atoms with Crippen molar-refractivity contribution in [2.24, 2.45) is 5.41 Å². The Labute approximate surface area is 148 Å². The molecule has 0 radical (unpaired) electrons. The number of nitriles is 1. The number of likely N-dealkylation sites (tertiary alicyclic amines) is 1. The fraction of sp³-hybridized carbons (Fsp3) is 0.833. The molecule has 4 fully saturated rings. The Kier molecular flexibility index (Phi) is 5.01. The first kappa shape index (κ1) is 18.1. The Morgan fingerprint density at radius 3 is 2.44 bits per heavy atom. The summed E-state index contributed by atoms with van der Waals surface area (Å²) in [6, 6.07) is 1.37. The first-order valence-electron chi connectivity index (χ1n) is 9.30. The van der Waals surface area contributed by atoms with E-state index in [9.17, 15) is 14.0 Å². The summed E-state index contributed by atoms with van der Waals surface area (Å²) in [6.07, 6.45) is 4.18. The van der Waals surface area contributed by atoms with Gasteiger partial charge in [-0.3, -0.25) is 9.59 Å². The van der Waals surface area contributed by atoms with E-state index in [-0.39, 0.29) is 42.3 Å². The molecule has 2 amide bonds. The molecule has 0 aromatic carbocycles. The minimum atomic E-state index is -1.10. The lowest BCUT2D eigenvalue weighted by atomic mass is 9.57. The van der Waals surface area contributed by atoms with Gasteiger partial charge in [-0.2, -0.15) is 5.26 Å². The molecule has 4 rings (SSSR count). The zero-order valence-corrected chi connectivity index (χ0v) is 14.8. The first-order valence-corrected chi connectivity index (χ1v) is 9.30. The van der Waals surface area contributed by atoms with Crippen molar-refractivity contribution in [1.29, 1.82) is 5.26 Å². The topological polar surface area (TPSA) is 85.2 Å². The van der Waals surface area contributed by atoms with E-state index in [0.29, 0.717) is 6.54 Å². The number of rotatable bonds is 5. The van der Waals surface area contributed by atoms with Crippen molar-refractivity contribution in [2.75, 3.05) is 19.6 Å². The van der Waals surface area contributed by atoms with Crippen molar-refractivity contribution < 1.29 is 14.0 Å². The number of hydrogen-bond acceptors (Lipinski definition) is 4. The van der Waals surface area contributed by atoms with E-state index in [1.54, 1.807) is 0 Å². The lowest BCUT2D eigenvalue weighted by molar-refractivity contribution is -0.139. The lowest BCUT2D eigenvalue weighted by Crippen LogP contribution is -2.60. The number of alkyl halides is 1. The highest BCUT2D eigenvalue weighted by molar-refractivity contribution is 5.83. The van der Waals surface area contributed by atoms with E-state index in [1.807, 2.05) is 13.0 Å². The number of carbonyl (C=O) groups is 2. The molecule has 2 N–H and O–H groups in total. The average molecular weight is 350 g/mol. The maximum absolute atomic E-state index is 13.5. The van der Waals surface area contributed by atoms with Crippen LogP contribution in [0.2, 0.25) is 0 Å². The van der Waals surface area contributed by atoms with Gasteiger partial charge in [0.1, 0.15) is 12.2 Å². The van der Waals surface area contributed by atoms with Crippen LogP contribution >= 0.6 is 0 Å². The van der Waals surface area contributed by atoms with Crippen LogP contribution < -0.4 is 10.6 Å². The molecular weight excluding hydrogens is 323 g/mol. The van der Waals surface area contributed by atoms with E-state index in [0.717, 1.165) is 38.5 Å². The second kappa shape index (κ2) is 6.91. The van der Waals surface area contributed by atoms with Crippen LogP contribution in [0.5, 0.6) is 0 Å². The highest BCUT2D eigenvalue weighted by Crippen LogP contribution is 2.52. The first-order chi connectivity index (χ1) is 11.9. The highest BCUT2D eigenvalue weighted by atomic mass is 19.1. The van der Waals surface area contributed by atoms with Crippen LogP contribution in [0.3, 0.4) is 0 Å². The van der Waals surface area contributed by atoms with E-state index in [1.165, 1.54) is 4.90 Å². The van der Waals surface area contributed by atoms with Gasteiger partial charge in [-0.25, -0.2) is 4.39 Å². The summed E-state index contributed by atoms with van der Waals surface area (Å²) >= 11 is 0. The van der Waals surface area contributed by atoms with Crippen LogP contribution in [-0.2, 0) is 9.59 Å². The summed E-state index contributed by atoms with van der Waals surface area (Å²) in [4.78, 5) is 26.1. The van der Waals surface area contributed by atoms with E-state index in [2.05, 4.69) is 10.6 Å². The van der Waals surface area contributed by atoms with Gasteiger partial charge in [0.2, 0.25) is 11.8 Å². The summed E-state index contributed by atoms with van der Waals surface area (Å²) < 4.78 is 13.5. The Morgan fingerprint density at radius 2 is 1.88 bits per heavy atom. The van der Waals surface area contributed by atoms with Gasteiger partial charge in [-0.05, 0) is 45.4 Å². The molecule has 6 nitrogen and oxygen atoms in total. The molecule has 138 valence electrons. The normalized spacial score (nSPS) is 36.9. The van der Waals surface area contributed by atoms with Crippen molar-refractivity contribution in [3.8, 4) is 6.07 Å². The predicted molar refractivity (Wildman–Crippen MR) is 90.2 cm³/mol. The maximum Gasteiger partial charge on any atom is 0.237 e. The van der Waals surface area contributed by atoms with Crippen LogP contribution in [0.1, 0.15) is 51.9 Å². The molecule has 3 aliphatic carbocycles. The van der Waals surface area contributed by atoms with E-state index >= 15 is 0 Å². The predicted octanol–water partition coefficient (Wildman–Crippen LogP) is 1.27. The van der Waals surface area contributed by atoms with Gasteiger partial charge in [0.25, 0.3) is 0 Å². The summed E-state index contributed by atoms with van der Waals surface area (Å²) in [5, 5.41) is 15.4. The molecule has 0 aromatic heterocycles. The molecule has 4 aliphatic rings. The molecule has 2 atom stereocenters.